The molecule has 4 bridgehead atoms. The molecule has 0 radical (unpaired) electrons. The summed E-state index contributed by atoms with van der Waals surface area (Å²) in [5.41, 5.74) is -0.160. The van der Waals surface area contributed by atoms with E-state index in [2.05, 4.69) is 10.2 Å². The zero-order valence-corrected chi connectivity index (χ0v) is 18.6. The topological polar surface area (TPSA) is 57.0 Å². The van der Waals surface area contributed by atoms with Crippen molar-refractivity contribution in [1.29, 1.82) is 0 Å². The molecule has 2 unspecified atom stereocenters. The van der Waals surface area contributed by atoms with Crippen molar-refractivity contribution in [3.8, 4) is 0 Å². The van der Waals surface area contributed by atoms with E-state index in [0.717, 1.165) is 30.7 Å². The summed E-state index contributed by atoms with van der Waals surface area (Å²) in [5, 5.41) is 9.04. The third-order valence-corrected chi connectivity index (χ3v) is 8.81. The minimum Gasteiger partial charge on any atom is -0.433 e. The summed E-state index contributed by atoms with van der Waals surface area (Å²) in [7, 11) is 0. The second kappa shape index (κ2) is 7.06. The number of halogens is 3. The minimum atomic E-state index is -5.07. The first-order valence-electron chi connectivity index (χ1n) is 12.0. The first-order valence-corrected chi connectivity index (χ1v) is 12.0. The standard InChI is InChI=1S/C25H28F3N3O2/c1-23(18-5-3-2-4-6-18)8-7-19-29-30-20(31(19)21(23)33-22(32)25(26,27)28)24-12-15-9-16(13-24)11-17(10-15)14-24/h2-6,15-17,21H,7-14H2,1H3. The van der Waals surface area contributed by atoms with Gasteiger partial charge in [0.1, 0.15) is 11.6 Å². The normalized spacial score (nSPS) is 37.1. The van der Waals surface area contributed by atoms with Crippen LogP contribution in [0.25, 0.3) is 0 Å². The Hall–Kier alpha value is -2.38. The predicted molar refractivity (Wildman–Crippen MR) is 113 cm³/mol. The Morgan fingerprint density at radius 3 is 2.21 bits per heavy atom. The highest BCUT2D eigenvalue weighted by Crippen LogP contribution is 2.61. The number of aromatic nitrogens is 3. The predicted octanol–water partition coefficient (Wildman–Crippen LogP) is 5.25. The molecule has 0 saturated heterocycles. The molecule has 0 amide bonds. The van der Waals surface area contributed by atoms with Gasteiger partial charge < -0.3 is 4.74 Å². The molecule has 2 heterocycles. The van der Waals surface area contributed by atoms with Crippen molar-refractivity contribution >= 4 is 5.97 Å². The third-order valence-electron chi connectivity index (χ3n) is 8.81. The Balaban J connectivity index is 1.48. The summed E-state index contributed by atoms with van der Waals surface area (Å²) in [4.78, 5) is 12.1. The fourth-order valence-electron chi connectivity index (χ4n) is 7.72. The van der Waals surface area contributed by atoms with Gasteiger partial charge in [-0.3, -0.25) is 4.57 Å². The maximum atomic E-state index is 13.4. The lowest BCUT2D eigenvalue weighted by atomic mass is 9.49. The van der Waals surface area contributed by atoms with Gasteiger partial charge in [0.25, 0.3) is 0 Å². The summed E-state index contributed by atoms with van der Waals surface area (Å²) in [6.45, 7) is 1.89. The second-order valence-electron chi connectivity index (χ2n) is 11.0. The molecule has 4 aliphatic carbocycles. The van der Waals surface area contributed by atoms with E-state index < -0.39 is 23.8 Å². The lowest BCUT2D eigenvalue weighted by molar-refractivity contribution is -0.215. The molecule has 4 fully saturated rings. The molecule has 1 aromatic carbocycles. The molecule has 1 aromatic heterocycles. The van der Waals surface area contributed by atoms with Gasteiger partial charge in [-0.25, -0.2) is 4.79 Å². The summed E-state index contributed by atoms with van der Waals surface area (Å²) in [6, 6.07) is 9.40. The number of carbonyl (C=O) groups excluding carboxylic acids is 1. The van der Waals surface area contributed by atoms with E-state index in [9.17, 15) is 18.0 Å². The maximum Gasteiger partial charge on any atom is 0.491 e. The van der Waals surface area contributed by atoms with Crippen LogP contribution in [0, 0.1) is 17.8 Å². The van der Waals surface area contributed by atoms with Crippen molar-refractivity contribution < 1.29 is 22.7 Å². The summed E-state index contributed by atoms with van der Waals surface area (Å²) >= 11 is 0. The van der Waals surface area contributed by atoms with Gasteiger partial charge >= 0.3 is 12.1 Å². The Kier molecular flexibility index (Phi) is 4.53. The van der Waals surface area contributed by atoms with Gasteiger partial charge in [-0.05, 0) is 68.3 Å². The molecule has 2 aromatic rings. The largest absolute Gasteiger partial charge is 0.491 e. The molecule has 1 aliphatic heterocycles. The summed E-state index contributed by atoms with van der Waals surface area (Å²) < 4.78 is 47.2. The first-order chi connectivity index (χ1) is 15.7. The van der Waals surface area contributed by atoms with Crippen LogP contribution in [-0.2, 0) is 26.8 Å². The number of hydrogen-bond donors (Lipinski definition) is 0. The van der Waals surface area contributed by atoms with E-state index in [1.54, 1.807) is 4.57 Å². The molecule has 2 atom stereocenters. The molecular weight excluding hydrogens is 431 g/mol. The van der Waals surface area contributed by atoms with Crippen LogP contribution >= 0.6 is 0 Å². The van der Waals surface area contributed by atoms with Crippen molar-refractivity contribution in [2.75, 3.05) is 0 Å². The SMILES string of the molecule is CC1(c2ccccc2)CCc2nnc(C34CC5CC(CC(C5)C3)C4)n2C1OC(=O)C(F)(F)F. The van der Waals surface area contributed by atoms with E-state index in [1.165, 1.54) is 19.3 Å². The van der Waals surface area contributed by atoms with Gasteiger partial charge in [0.05, 0.1) is 0 Å². The van der Waals surface area contributed by atoms with Crippen molar-refractivity contribution in [2.45, 2.75) is 81.5 Å². The van der Waals surface area contributed by atoms with E-state index in [0.29, 0.717) is 36.4 Å². The zero-order valence-electron chi connectivity index (χ0n) is 18.6. The van der Waals surface area contributed by atoms with Gasteiger partial charge in [0.2, 0.25) is 0 Å². The average Bonchev–Trinajstić information content (AvgIpc) is 3.20. The van der Waals surface area contributed by atoms with Gasteiger partial charge in [0.15, 0.2) is 6.23 Å². The molecule has 8 heteroatoms. The summed E-state index contributed by atoms with van der Waals surface area (Å²) in [6.07, 6.45) is 1.62. The number of nitrogens with zero attached hydrogens (tertiary/aromatic N) is 3. The first kappa shape index (κ1) is 21.2. The molecular formula is C25H28F3N3O2. The van der Waals surface area contributed by atoms with Gasteiger partial charge in [-0.2, -0.15) is 13.2 Å². The highest BCUT2D eigenvalue weighted by Gasteiger charge is 2.57. The van der Waals surface area contributed by atoms with Crippen LogP contribution in [0.5, 0.6) is 0 Å². The second-order valence-corrected chi connectivity index (χ2v) is 11.0. The third kappa shape index (κ3) is 3.23. The summed E-state index contributed by atoms with van der Waals surface area (Å²) in [5.74, 6) is 1.12. The van der Waals surface area contributed by atoms with Gasteiger partial charge in [-0.1, -0.05) is 37.3 Å². The lowest BCUT2D eigenvalue weighted by Gasteiger charge is -2.56. The minimum absolute atomic E-state index is 0.183. The molecule has 5 nitrogen and oxygen atoms in total. The Labute approximate surface area is 190 Å². The van der Waals surface area contributed by atoms with Crippen LogP contribution in [0.15, 0.2) is 30.3 Å². The molecule has 0 spiro atoms. The van der Waals surface area contributed by atoms with Crippen LogP contribution < -0.4 is 0 Å². The van der Waals surface area contributed by atoms with Gasteiger partial charge in [0, 0.05) is 17.3 Å². The quantitative estimate of drug-likeness (QED) is 0.588. The number of benzene rings is 1. The number of esters is 1. The lowest BCUT2D eigenvalue weighted by Crippen LogP contribution is -2.52. The number of ether oxygens (including phenoxy) is 1. The molecule has 7 rings (SSSR count). The fraction of sp³-hybridized carbons (Fsp3) is 0.640. The number of aryl methyl sites for hydroxylation is 1. The van der Waals surface area contributed by atoms with Crippen molar-refractivity contribution in [1.82, 2.24) is 14.8 Å². The molecule has 5 aliphatic rings. The smallest absolute Gasteiger partial charge is 0.433 e. The van der Waals surface area contributed by atoms with Crippen molar-refractivity contribution in [3.63, 3.8) is 0 Å². The number of hydrogen-bond acceptors (Lipinski definition) is 4. The monoisotopic (exact) mass is 459 g/mol. The number of fused-ring (bicyclic) bond motifs is 1. The maximum absolute atomic E-state index is 13.4. The zero-order chi connectivity index (χ0) is 23.0. The van der Waals surface area contributed by atoms with Crippen LogP contribution in [0.4, 0.5) is 13.2 Å². The highest BCUT2D eigenvalue weighted by atomic mass is 19.4. The van der Waals surface area contributed by atoms with Crippen LogP contribution in [0.2, 0.25) is 0 Å². The number of alkyl halides is 3. The Bertz CT molecular complexity index is 1050. The van der Waals surface area contributed by atoms with E-state index in [4.69, 9.17) is 4.74 Å². The van der Waals surface area contributed by atoms with Crippen molar-refractivity contribution in [2.24, 2.45) is 17.8 Å². The molecule has 4 saturated carbocycles. The highest BCUT2D eigenvalue weighted by molar-refractivity contribution is 5.75. The molecule has 0 N–H and O–H groups in total. The van der Waals surface area contributed by atoms with E-state index in [-0.39, 0.29) is 5.41 Å². The number of carbonyl (C=O) groups is 1. The van der Waals surface area contributed by atoms with Crippen LogP contribution in [-0.4, -0.2) is 26.9 Å². The van der Waals surface area contributed by atoms with Crippen LogP contribution in [0.3, 0.4) is 0 Å². The molecule has 33 heavy (non-hydrogen) atoms. The van der Waals surface area contributed by atoms with Crippen molar-refractivity contribution in [3.05, 3.63) is 47.5 Å². The van der Waals surface area contributed by atoms with Gasteiger partial charge in [-0.15, -0.1) is 10.2 Å². The van der Waals surface area contributed by atoms with E-state index in [1.807, 2.05) is 37.3 Å². The fourth-order valence-corrected chi connectivity index (χ4v) is 7.72. The van der Waals surface area contributed by atoms with Crippen LogP contribution in [0.1, 0.15) is 75.3 Å². The average molecular weight is 460 g/mol. The Morgan fingerprint density at radius 1 is 1.03 bits per heavy atom. The number of rotatable bonds is 3. The Morgan fingerprint density at radius 2 is 1.64 bits per heavy atom. The van der Waals surface area contributed by atoms with E-state index >= 15 is 0 Å². The molecule has 176 valence electrons.